The molecule has 0 aliphatic heterocycles. The topological polar surface area (TPSA) is 0 Å². The molecule has 0 aromatic heterocycles. The van der Waals surface area contributed by atoms with Crippen molar-refractivity contribution in [1.82, 2.24) is 0 Å². The van der Waals surface area contributed by atoms with Crippen LogP contribution in [0.5, 0.6) is 0 Å². The van der Waals surface area contributed by atoms with E-state index in [0.717, 1.165) is 6.92 Å². The maximum absolute atomic E-state index is 13.5. The monoisotopic (exact) mass is 258 g/mol. The molecule has 0 aliphatic carbocycles. The zero-order valence-corrected chi connectivity index (χ0v) is 10.8. The van der Waals surface area contributed by atoms with Gasteiger partial charge < -0.3 is 0 Å². The van der Waals surface area contributed by atoms with Crippen LogP contribution < -0.4 is 0 Å². The molecule has 0 atom stereocenters. The highest BCUT2D eigenvalue weighted by molar-refractivity contribution is 5.23. The van der Waals surface area contributed by atoms with Gasteiger partial charge >= 0.3 is 6.18 Å². The van der Waals surface area contributed by atoms with Crippen LogP contribution in [0.4, 0.5) is 22.0 Å². The van der Waals surface area contributed by atoms with Crippen molar-refractivity contribution in [2.45, 2.75) is 59.6 Å². The first-order chi connectivity index (χ1) is 7.33. The summed E-state index contributed by atoms with van der Waals surface area (Å²) in [6.07, 6.45) is -6.36. The lowest BCUT2D eigenvalue weighted by atomic mass is 9.79. The molecule has 0 unspecified atom stereocenters. The van der Waals surface area contributed by atoms with Crippen molar-refractivity contribution >= 4 is 0 Å². The van der Waals surface area contributed by atoms with Crippen LogP contribution in [0.25, 0.3) is 0 Å². The minimum absolute atomic E-state index is 0.328. The molecule has 0 aromatic carbocycles. The molecule has 0 heterocycles. The zero-order chi connectivity index (χ0) is 14.1. The van der Waals surface area contributed by atoms with Gasteiger partial charge in [-0.2, -0.15) is 13.2 Å². The van der Waals surface area contributed by atoms with E-state index < -0.39 is 29.5 Å². The van der Waals surface area contributed by atoms with E-state index in [1.807, 2.05) is 6.92 Å². The Morgan fingerprint density at radius 2 is 1.29 bits per heavy atom. The molecule has 0 bridgehead atoms. The molecule has 0 amide bonds. The summed E-state index contributed by atoms with van der Waals surface area (Å²) in [5, 5.41) is 0. The molecule has 0 nitrogen and oxygen atoms in total. The van der Waals surface area contributed by atoms with Gasteiger partial charge in [-0.1, -0.05) is 26.3 Å². The largest absolute Gasteiger partial charge is 0.395 e. The Morgan fingerprint density at radius 1 is 0.882 bits per heavy atom. The maximum atomic E-state index is 13.5. The first-order valence-electron chi connectivity index (χ1n) is 5.46. The summed E-state index contributed by atoms with van der Waals surface area (Å²) in [7, 11) is 0. The third-order valence-corrected chi connectivity index (χ3v) is 3.43. The fourth-order valence-corrected chi connectivity index (χ4v) is 1.43. The normalized spacial score (nSPS) is 15.9. The summed E-state index contributed by atoms with van der Waals surface area (Å²) in [5.41, 5.74) is -0.657. The van der Waals surface area contributed by atoms with Gasteiger partial charge in [0.1, 0.15) is 6.42 Å². The second-order valence-electron chi connectivity index (χ2n) is 4.98. The lowest BCUT2D eigenvalue weighted by Gasteiger charge is -2.29. The summed E-state index contributed by atoms with van der Waals surface area (Å²) < 4.78 is 63.1. The van der Waals surface area contributed by atoms with Crippen LogP contribution in [0.3, 0.4) is 0 Å². The van der Waals surface area contributed by atoms with Gasteiger partial charge in [0.25, 0.3) is 5.92 Å². The van der Waals surface area contributed by atoms with E-state index >= 15 is 0 Å². The number of rotatable bonds is 4. The fraction of sp³-hybridized carbons (Fsp3) is 0.833. The van der Waals surface area contributed by atoms with E-state index in [1.165, 1.54) is 6.92 Å². The fourth-order valence-electron chi connectivity index (χ4n) is 1.43. The smallest absolute Gasteiger partial charge is 0.201 e. The van der Waals surface area contributed by atoms with E-state index in [0.29, 0.717) is 12.0 Å². The van der Waals surface area contributed by atoms with Crippen molar-refractivity contribution in [1.29, 1.82) is 0 Å². The van der Waals surface area contributed by atoms with Crippen molar-refractivity contribution in [3.63, 3.8) is 0 Å². The molecule has 0 N–H and O–H groups in total. The zero-order valence-electron chi connectivity index (χ0n) is 10.8. The van der Waals surface area contributed by atoms with Gasteiger partial charge in [0.05, 0.1) is 0 Å². The lowest BCUT2D eigenvalue weighted by Crippen LogP contribution is -2.29. The second-order valence-corrected chi connectivity index (χ2v) is 4.98. The molecular weight excluding hydrogens is 239 g/mol. The van der Waals surface area contributed by atoms with Crippen LogP contribution in [-0.2, 0) is 0 Å². The van der Waals surface area contributed by atoms with Gasteiger partial charge in [0, 0.05) is 0 Å². The Bertz CT molecular complexity index is 297. The van der Waals surface area contributed by atoms with Gasteiger partial charge in [-0.3, -0.25) is 0 Å². The Morgan fingerprint density at radius 3 is 1.59 bits per heavy atom. The maximum Gasteiger partial charge on any atom is 0.395 e. The first kappa shape index (κ1) is 16.4. The Labute approximate surface area is 98.9 Å². The number of allylic oxidation sites excluding steroid dienone is 2. The van der Waals surface area contributed by atoms with Crippen molar-refractivity contribution < 1.29 is 22.0 Å². The summed E-state index contributed by atoms with van der Waals surface area (Å²) in [5.74, 6) is -3.82. The minimum Gasteiger partial charge on any atom is -0.201 e. The Balaban J connectivity index is 5.27. The quantitative estimate of drug-likeness (QED) is 0.471. The van der Waals surface area contributed by atoms with Gasteiger partial charge in [0.15, 0.2) is 0 Å². The van der Waals surface area contributed by atoms with Crippen LogP contribution >= 0.6 is 0 Å². The van der Waals surface area contributed by atoms with Crippen molar-refractivity contribution in [2.75, 3.05) is 0 Å². The molecule has 102 valence electrons. The predicted molar refractivity (Wildman–Crippen MR) is 58.1 cm³/mol. The highest BCUT2D eigenvalue weighted by atomic mass is 19.4. The number of alkyl halides is 5. The van der Waals surface area contributed by atoms with Gasteiger partial charge in [-0.15, -0.1) is 0 Å². The molecule has 0 fully saturated rings. The van der Waals surface area contributed by atoms with Crippen molar-refractivity contribution in [3.8, 4) is 0 Å². The van der Waals surface area contributed by atoms with Gasteiger partial charge in [0.2, 0.25) is 0 Å². The van der Waals surface area contributed by atoms with Crippen LogP contribution in [0.15, 0.2) is 11.1 Å². The third-order valence-electron chi connectivity index (χ3n) is 3.43. The summed E-state index contributed by atoms with van der Waals surface area (Å²) in [4.78, 5) is 0. The summed E-state index contributed by atoms with van der Waals surface area (Å²) in [6.45, 7) is 7.87. The van der Waals surface area contributed by atoms with Crippen LogP contribution in [0.1, 0.15) is 47.5 Å². The number of hydrogen-bond acceptors (Lipinski definition) is 0. The van der Waals surface area contributed by atoms with Crippen LogP contribution in [0.2, 0.25) is 0 Å². The van der Waals surface area contributed by atoms with Gasteiger partial charge in [-0.05, 0) is 31.3 Å². The average molecular weight is 258 g/mol. The van der Waals surface area contributed by atoms with E-state index in [2.05, 4.69) is 0 Å². The highest BCUT2D eigenvalue weighted by Gasteiger charge is 2.46. The predicted octanol–water partition coefficient (Wildman–Crippen LogP) is 5.35. The molecule has 17 heavy (non-hydrogen) atoms. The second kappa shape index (κ2) is 4.94. The first-order valence-corrected chi connectivity index (χ1v) is 5.46. The minimum atomic E-state index is -4.86. The summed E-state index contributed by atoms with van der Waals surface area (Å²) >= 11 is 0. The van der Waals surface area contributed by atoms with E-state index in [1.54, 1.807) is 13.8 Å². The molecule has 0 saturated carbocycles. The van der Waals surface area contributed by atoms with Crippen LogP contribution in [-0.4, -0.2) is 12.1 Å². The SMILES string of the molecule is CCC(C)(C)/C(C)=C(\C)C(F)(F)CC(F)(F)F. The number of hydrogen-bond donors (Lipinski definition) is 0. The Kier molecular flexibility index (Phi) is 4.77. The van der Waals surface area contributed by atoms with E-state index in [4.69, 9.17) is 0 Å². The lowest BCUT2D eigenvalue weighted by molar-refractivity contribution is -0.178. The molecule has 0 radical (unpaired) electrons. The molecule has 0 rings (SSSR count). The number of halogens is 5. The molecule has 0 spiro atoms. The highest BCUT2D eigenvalue weighted by Crippen LogP contribution is 2.42. The molecule has 0 saturated heterocycles. The average Bonchev–Trinajstić information content (AvgIpc) is 2.11. The molecule has 5 heteroatoms. The van der Waals surface area contributed by atoms with Crippen molar-refractivity contribution in [2.24, 2.45) is 5.41 Å². The van der Waals surface area contributed by atoms with Crippen LogP contribution in [0, 0.1) is 5.41 Å². The van der Waals surface area contributed by atoms with Crippen molar-refractivity contribution in [3.05, 3.63) is 11.1 Å². The van der Waals surface area contributed by atoms with E-state index in [9.17, 15) is 22.0 Å². The molecular formula is C12H19F5. The molecule has 0 aromatic rings. The van der Waals surface area contributed by atoms with E-state index in [-0.39, 0.29) is 0 Å². The standard InChI is InChI=1S/C12H19F5/c1-6-10(4,5)8(2)9(3)11(13,14)7-12(15,16)17/h6-7H2,1-5H3/b9-8+. The third kappa shape index (κ3) is 4.64. The Hall–Kier alpha value is -0.610. The van der Waals surface area contributed by atoms with Gasteiger partial charge in [-0.25, -0.2) is 8.78 Å². The summed E-state index contributed by atoms with van der Waals surface area (Å²) in [6, 6.07) is 0. The molecule has 0 aliphatic rings.